The zero-order valence-corrected chi connectivity index (χ0v) is 12.2. The van der Waals surface area contributed by atoms with Crippen LogP contribution in [0.2, 0.25) is 0 Å². The molecule has 0 bridgehead atoms. The lowest BCUT2D eigenvalue weighted by atomic mass is 10.1. The molecule has 0 rings (SSSR count). The number of nitrogens with zero attached hydrogens (tertiary/aromatic N) is 1. The fourth-order valence-electron chi connectivity index (χ4n) is 1.65. The normalized spacial score (nSPS) is 12.9. The molecule has 2 heteroatoms. The van der Waals surface area contributed by atoms with Gasteiger partial charge < -0.3 is 4.57 Å². The van der Waals surface area contributed by atoms with E-state index < -0.39 is 0 Å². The van der Waals surface area contributed by atoms with Gasteiger partial charge in [0.1, 0.15) is 0 Å². The summed E-state index contributed by atoms with van der Waals surface area (Å²) in [5.41, 5.74) is 1.58. The maximum Gasteiger partial charge on any atom is 0.0795 e. The maximum absolute atomic E-state index is 3.80. The van der Waals surface area contributed by atoms with Crippen LogP contribution in [0, 0.1) is 0 Å². The highest BCUT2D eigenvalue weighted by Gasteiger charge is 2.08. The van der Waals surface area contributed by atoms with Crippen molar-refractivity contribution >= 4 is 10.4 Å². The Morgan fingerprint density at radius 1 is 1.36 bits per heavy atom. The second-order valence-electron chi connectivity index (χ2n) is 3.74. The molecule has 0 N–H and O–H groups in total. The van der Waals surface area contributed by atoms with Crippen molar-refractivity contribution < 1.29 is 0 Å². The fraction of sp³-hybridized carbons (Fsp3) is 0.667. The molecule has 0 radical (unpaired) electrons. The van der Waals surface area contributed by atoms with Gasteiger partial charge in [0.05, 0.1) is 10.4 Å². The van der Waals surface area contributed by atoms with E-state index in [9.17, 15) is 0 Å². The number of rotatable bonds is 7. The predicted molar refractivity (Wildman–Crippen MR) is 69.6 cm³/mol. The maximum atomic E-state index is 3.80. The van der Waals surface area contributed by atoms with Gasteiger partial charge in [0.15, 0.2) is 0 Å². The monoisotopic (exact) mass is 211 g/mol. The molecule has 0 spiro atoms. The van der Waals surface area contributed by atoms with Crippen LogP contribution in [0.4, 0.5) is 0 Å². The largest absolute Gasteiger partial charge is 0.323 e. The second kappa shape index (κ2) is 8.01. The third-order valence-electron chi connectivity index (χ3n) is 2.74. The topological polar surface area (TPSA) is 3.24 Å². The summed E-state index contributed by atoms with van der Waals surface area (Å²) in [6.45, 7) is 11.6. The standard InChI is InChI=1S/C12H25NSi/c1-5-9-13(14)12(8-4)10-11(6-2)7-3/h5,10,12H,1,6-9H2,2-4,14H3. The molecule has 0 aromatic carbocycles. The van der Waals surface area contributed by atoms with Crippen molar-refractivity contribution in [2.45, 2.75) is 46.1 Å². The number of hydrogen-bond donors (Lipinski definition) is 0. The van der Waals surface area contributed by atoms with Gasteiger partial charge in [0.25, 0.3) is 0 Å². The molecule has 1 nitrogen and oxygen atoms in total. The summed E-state index contributed by atoms with van der Waals surface area (Å²) in [4.78, 5) is 0. The van der Waals surface area contributed by atoms with Gasteiger partial charge in [0, 0.05) is 12.6 Å². The molecule has 0 aliphatic heterocycles. The molecule has 0 aliphatic carbocycles. The average molecular weight is 211 g/mol. The molecule has 1 unspecified atom stereocenters. The Kier molecular flexibility index (Phi) is 7.81. The molecule has 1 atom stereocenters. The summed E-state index contributed by atoms with van der Waals surface area (Å²) in [6.07, 6.45) is 8.05. The molecule has 0 saturated carbocycles. The van der Waals surface area contributed by atoms with Crippen LogP contribution >= 0.6 is 0 Å². The van der Waals surface area contributed by atoms with Crippen molar-refractivity contribution in [2.24, 2.45) is 0 Å². The van der Waals surface area contributed by atoms with Crippen molar-refractivity contribution in [1.29, 1.82) is 0 Å². The number of hydrogen-bond acceptors (Lipinski definition) is 1. The van der Waals surface area contributed by atoms with E-state index >= 15 is 0 Å². The third kappa shape index (κ3) is 4.77. The molecular formula is C12H25NSi. The highest BCUT2D eigenvalue weighted by atomic mass is 28.2. The highest BCUT2D eigenvalue weighted by Crippen LogP contribution is 2.11. The molecule has 14 heavy (non-hydrogen) atoms. The summed E-state index contributed by atoms with van der Waals surface area (Å²) in [6, 6.07) is 0.634. The van der Waals surface area contributed by atoms with Crippen molar-refractivity contribution in [3.63, 3.8) is 0 Å². The first-order valence-corrected chi connectivity index (χ1v) is 6.59. The van der Waals surface area contributed by atoms with Crippen LogP contribution in [-0.4, -0.2) is 27.6 Å². The average Bonchev–Trinajstić information content (AvgIpc) is 2.20. The van der Waals surface area contributed by atoms with E-state index in [-0.39, 0.29) is 0 Å². The third-order valence-corrected chi connectivity index (χ3v) is 3.77. The fourth-order valence-corrected chi connectivity index (χ4v) is 2.43. The van der Waals surface area contributed by atoms with Gasteiger partial charge in [-0.3, -0.25) is 0 Å². The lowest BCUT2D eigenvalue weighted by Gasteiger charge is -2.24. The quantitative estimate of drug-likeness (QED) is 0.461. The minimum absolute atomic E-state index is 0.634. The van der Waals surface area contributed by atoms with E-state index in [1.165, 1.54) is 19.3 Å². The second-order valence-corrected chi connectivity index (χ2v) is 4.88. The molecule has 0 amide bonds. The van der Waals surface area contributed by atoms with E-state index in [2.05, 4.69) is 38.0 Å². The smallest absolute Gasteiger partial charge is 0.0795 e. The first kappa shape index (κ1) is 13.7. The molecule has 0 heterocycles. The first-order valence-electron chi connectivity index (χ1n) is 5.70. The van der Waals surface area contributed by atoms with Crippen LogP contribution in [0.1, 0.15) is 40.0 Å². The SMILES string of the molecule is C=CCN([SiH3])C(C=C(CC)CC)CC. The zero-order chi connectivity index (χ0) is 11.0. The molecule has 0 aromatic rings. The minimum atomic E-state index is 0.634. The predicted octanol–water partition coefficient (Wildman–Crippen LogP) is 2.28. The van der Waals surface area contributed by atoms with Crippen molar-refractivity contribution in [3.05, 3.63) is 24.3 Å². The van der Waals surface area contributed by atoms with Gasteiger partial charge in [0.2, 0.25) is 0 Å². The van der Waals surface area contributed by atoms with Gasteiger partial charge in [-0.15, -0.1) is 6.58 Å². The Bertz CT molecular complexity index is 181. The Morgan fingerprint density at radius 2 is 1.93 bits per heavy atom. The molecular weight excluding hydrogens is 186 g/mol. The van der Waals surface area contributed by atoms with Crippen LogP contribution in [0.25, 0.3) is 0 Å². The van der Waals surface area contributed by atoms with Crippen molar-refractivity contribution in [2.75, 3.05) is 6.54 Å². The van der Waals surface area contributed by atoms with Crippen LogP contribution in [0.3, 0.4) is 0 Å². The van der Waals surface area contributed by atoms with Crippen LogP contribution < -0.4 is 0 Å². The highest BCUT2D eigenvalue weighted by molar-refractivity contribution is 6.04. The van der Waals surface area contributed by atoms with E-state index in [1.807, 2.05) is 6.08 Å². The van der Waals surface area contributed by atoms with Gasteiger partial charge in [-0.2, -0.15) is 0 Å². The summed E-state index contributed by atoms with van der Waals surface area (Å²) in [5, 5.41) is 0. The molecule has 0 aromatic heterocycles. The van der Waals surface area contributed by atoms with E-state index in [0.717, 1.165) is 16.9 Å². The zero-order valence-electron chi connectivity index (χ0n) is 10.2. The van der Waals surface area contributed by atoms with E-state index in [4.69, 9.17) is 0 Å². The Labute approximate surface area is 92.4 Å². The summed E-state index contributed by atoms with van der Waals surface area (Å²) in [5.74, 6) is 0. The van der Waals surface area contributed by atoms with Crippen LogP contribution in [-0.2, 0) is 0 Å². The Morgan fingerprint density at radius 3 is 2.29 bits per heavy atom. The van der Waals surface area contributed by atoms with E-state index in [1.54, 1.807) is 5.57 Å². The van der Waals surface area contributed by atoms with Gasteiger partial charge in [-0.1, -0.05) is 38.5 Å². The van der Waals surface area contributed by atoms with Crippen LogP contribution in [0.15, 0.2) is 24.3 Å². The number of allylic oxidation sites excluding steroid dienone is 1. The van der Waals surface area contributed by atoms with Gasteiger partial charge in [-0.25, -0.2) is 0 Å². The first-order chi connectivity index (χ1) is 6.69. The molecule has 0 saturated heterocycles. The van der Waals surface area contributed by atoms with Gasteiger partial charge in [-0.05, 0) is 19.3 Å². The Hall–Kier alpha value is -0.343. The lowest BCUT2D eigenvalue weighted by molar-refractivity contribution is 0.412. The van der Waals surface area contributed by atoms with Crippen molar-refractivity contribution in [1.82, 2.24) is 4.57 Å². The van der Waals surface area contributed by atoms with Crippen molar-refractivity contribution in [3.8, 4) is 0 Å². The summed E-state index contributed by atoms with van der Waals surface area (Å²) < 4.78 is 2.48. The molecule has 0 aliphatic rings. The molecule has 0 fully saturated rings. The van der Waals surface area contributed by atoms with Gasteiger partial charge >= 0.3 is 0 Å². The summed E-state index contributed by atoms with van der Waals surface area (Å²) in [7, 11) is 1.12. The van der Waals surface area contributed by atoms with E-state index in [0.29, 0.717) is 6.04 Å². The van der Waals surface area contributed by atoms with Crippen LogP contribution in [0.5, 0.6) is 0 Å². The lowest BCUT2D eigenvalue weighted by Crippen LogP contribution is -2.31. The molecule has 82 valence electrons. The minimum Gasteiger partial charge on any atom is -0.323 e. The summed E-state index contributed by atoms with van der Waals surface area (Å²) >= 11 is 0. The Balaban J connectivity index is 4.38.